The summed E-state index contributed by atoms with van der Waals surface area (Å²) >= 11 is 1.92. The average molecular weight is 278 g/mol. The first-order valence-corrected chi connectivity index (χ1v) is 7.44. The van der Waals surface area contributed by atoms with Crippen molar-refractivity contribution in [3.8, 4) is 0 Å². The van der Waals surface area contributed by atoms with Crippen molar-refractivity contribution >= 4 is 17.4 Å². The molecule has 4 nitrogen and oxygen atoms in total. The van der Waals surface area contributed by atoms with Crippen molar-refractivity contribution in [1.29, 1.82) is 0 Å². The number of benzene rings is 1. The average Bonchev–Trinajstić information content (AvgIpc) is 2.93. The molecule has 0 amide bonds. The highest BCUT2D eigenvalue weighted by molar-refractivity contribution is 7.99. The quantitative estimate of drug-likeness (QED) is 0.933. The number of hydrogen-bond acceptors (Lipinski definition) is 4. The van der Waals surface area contributed by atoms with Gasteiger partial charge in [0.2, 0.25) is 0 Å². The first kappa shape index (κ1) is 12.5. The molecule has 3 rings (SSSR count). The lowest BCUT2D eigenvalue weighted by Crippen LogP contribution is -2.33. The molecule has 1 N–H and O–H groups in total. The number of nitrogens with zero attached hydrogens (tertiary/aromatic N) is 3. The number of H-pyrrole nitrogens is 1. The molecule has 1 saturated heterocycles. The Morgan fingerprint density at radius 3 is 2.84 bits per heavy atom. The summed E-state index contributed by atoms with van der Waals surface area (Å²) in [6, 6.07) is 5.45. The van der Waals surface area contributed by atoms with E-state index in [9.17, 15) is 4.39 Å². The minimum absolute atomic E-state index is 0.145. The van der Waals surface area contributed by atoms with Gasteiger partial charge in [-0.1, -0.05) is 6.07 Å². The van der Waals surface area contributed by atoms with Gasteiger partial charge in [-0.2, -0.15) is 27.2 Å². The first-order chi connectivity index (χ1) is 9.33. The highest BCUT2D eigenvalue weighted by Gasteiger charge is 2.15. The van der Waals surface area contributed by atoms with E-state index in [-0.39, 0.29) is 5.82 Å². The maximum Gasteiger partial charge on any atom is 0.146 e. The van der Waals surface area contributed by atoms with Gasteiger partial charge in [0.1, 0.15) is 5.82 Å². The van der Waals surface area contributed by atoms with Crippen LogP contribution in [0.2, 0.25) is 0 Å². The molecule has 0 bridgehead atoms. The van der Waals surface area contributed by atoms with E-state index in [0.29, 0.717) is 12.1 Å². The van der Waals surface area contributed by atoms with Crippen LogP contribution in [-0.2, 0) is 6.42 Å². The van der Waals surface area contributed by atoms with Crippen LogP contribution in [0.1, 0.15) is 11.3 Å². The number of aromatic amines is 1. The normalized spacial score (nSPS) is 15.7. The topological polar surface area (TPSA) is 44.8 Å². The fourth-order valence-electron chi connectivity index (χ4n) is 2.24. The zero-order valence-electron chi connectivity index (χ0n) is 10.5. The van der Waals surface area contributed by atoms with Crippen molar-refractivity contribution < 1.29 is 4.39 Å². The van der Waals surface area contributed by atoms with Crippen molar-refractivity contribution in [2.75, 3.05) is 29.5 Å². The van der Waals surface area contributed by atoms with E-state index in [1.165, 1.54) is 0 Å². The molecule has 0 unspecified atom stereocenters. The Morgan fingerprint density at radius 1 is 1.32 bits per heavy atom. The molecule has 0 saturated carbocycles. The molecule has 2 aromatic rings. The molecule has 1 aliphatic rings. The summed E-state index contributed by atoms with van der Waals surface area (Å²) in [6.45, 7) is 1.84. The fraction of sp³-hybridized carbons (Fsp3) is 0.385. The van der Waals surface area contributed by atoms with Gasteiger partial charge in [-0.25, -0.2) is 4.39 Å². The molecule has 1 aliphatic heterocycles. The zero-order valence-corrected chi connectivity index (χ0v) is 11.3. The van der Waals surface area contributed by atoms with E-state index in [2.05, 4.69) is 20.3 Å². The van der Waals surface area contributed by atoms with Gasteiger partial charge in [0.05, 0.1) is 17.6 Å². The number of aromatic nitrogens is 3. The number of thioether (sulfide) groups is 1. The molecule has 0 spiro atoms. The van der Waals surface area contributed by atoms with Crippen LogP contribution in [0.25, 0.3) is 0 Å². The highest BCUT2D eigenvalue weighted by Crippen LogP contribution is 2.24. The first-order valence-electron chi connectivity index (χ1n) is 6.29. The Kier molecular flexibility index (Phi) is 3.68. The van der Waals surface area contributed by atoms with Gasteiger partial charge >= 0.3 is 0 Å². The molecule has 100 valence electrons. The molecule has 1 fully saturated rings. The Bertz CT molecular complexity index is 538. The van der Waals surface area contributed by atoms with Crippen LogP contribution in [-0.4, -0.2) is 40.0 Å². The third-order valence-corrected chi connectivity index (χ3v) is 4.16. The number of halogens is 1. The Morgan fingerprint density at radius 2 is 2.16 bits per heavy atom. The van der Waals surface area contributed by atoms with E-state index in [4.69, 9.17) is 0 Å². The van der Waals surface area contributed by atoms with E-state index in [1.807, 2.05) is 23.9 Å². The molecule has 1 aromatic carbocycles. The fourth-order valence-corrected chi connectivity index (χ4v) is 3.14. The van der Waals surface area contributed by atoms with Crippen LogP contribution >= 0.6 is 11.8 Å². The van der Waals surface area contributed by atoms with E-state index in [1.54, 1.807) is 12.3 Å². The molecule has 0 radical (unpaired) electrons. The van der Waals surface area contributed by atoms with Crippen molar-refractivity contribution in [2.24, 2.45) is 0 Å². The number of anilines is 1. The van der Waals surface area contributed by atoms with Crippen molar-refractivity contribution in [3.05, 3.63) is 41.5 Å². The smallest absolute Gasteiger partial charge is 0.146 e. The second kappa shape index (κ2) is 5.61. The van der Waals surface area contributed by atoms with Gasteiger partial charge in [0, 0.05) is 31.0 Å². The zero-order chi connectivity index (χ0) is 13.1. The van der Waals surface area contributed by atoms with Crippen LogP contribution in [0.15, 0.2) is 24.4 Å². The third kappa shape index (κ3) is 2.89. The Labute approximate surface area is 115 Å². The second-order valence-electron chi connectivity index (χ2n) is 4.52. The van der Waals surface area contributed by atoms with Gasteiger partial charge in [0.25, 0.3) is 0 Å². The molecule has 19 heavy (non-hydrogen) atoms. The number of rotatable bonds is 3. The van der Waals surface area contributed by atoms with E-state index < -0.39 is 0 Å². The van der Waals surface area contributed by atoms with Crippen molar-refractivity contribution in [1.82, 2.24) is 15.4 Å². The second-order valence-corrected chi connectivity index (χ2v) is 5.75. The lowest BCUT2D eigenvalue weighted by atomic mass is 10.1. The lowest BCUT2D eigenvalue weighted by Gasteiger charge is -2.28. The summed E-state index contributed by atoms with van der Waals surface area (Å²) in [7, 11) is 0. The number of nitrogens with one attached hydrogen (secondary N) is 1. The molecule has 0 aliphatic carbocycles. The van der Waals surface area contributed by atoms with Gasteiger partial charge in [-0.3, -0.25) is 0 Å². The van der Waals surface area contributed by atoms with Crippen LogP contribution in [0.5, 0.6) is 0 Å². The van der Waals surface area contributed by atoms with Crippen LogP contribution < -0.4 is 4.90 Å². The Balaban J connectivity index is 1.77. The molecule has 6 heteroatoms. The Hall–Kier alpha value is -1.56. The van der Waals surface area contributed by atoms with Gasteiger partial charge in [-0.05, 0) is 17.7 Å². The summed E-state index contributed by atoms with van der Waals surface area (Å²) in [5.74, 6) is 1.99. The summed E-state index contributed by atoms with van der Waals surface area (Å²) in [4.78, 5) is 2.12. The van der Waals surface area contributed by atoms with Gasteiger partial charge in [0.15, 0.2) is 0 Å². The SMILES string of the molecule is Fc1cc(Cc2cn[nH]n2)ccc1N1CCSCC1. The van der Waals surface area contributed by atoms with E-state index in [0.717, 1.165) is 35.9 Å². The maximum atomic E-state index is 14.2. The summed E-state index contributed by atoms with van der Waals surface area (Å²) in [5, 5.41) is 10.3. The summed E-state index contributed by atoms with van der Waals surface area (Å²) < 4.78 is 14.2. The van der Waals surface area contributed by atoms with E-state index >= 15 is 0 Å². The van der Waals surface area contributed by atoms with Gasteiger partial charge < -0.3 is 4.90 Å². The lowest BCUT2D eigenvalue weighted by molar-refractivity contribution is 0.618. The summed E-state index contributed by atoms with van der Waals surface area (Å²) in [6.07, 6.45) is 2.26. The van der Waals surface area contributed by atoms with Crippen LogP contribution in [0, 0.1) is 5.82 Å². The van der Waals surface area contributed by atoms with Crippen LogP contribution in [0.4, 0.5) is 10.1 Å². The molecular formula is C13H15FN4S. The minimum atomic E-state index is -0.145. The summed E-state index contributed by atoms with van der Waals surface area (Å²) in [5.41, 5.74) is 2.45. The predicted octanol–water partition coefficient (Wildman–Crippen LogP) is 2.09. The molecule has 0 atom stereocenters. The predicted molar refractivity (Wildman–Crippen MR) is 75.1 cm³/mol. The maximum absolute atomic E-state index is 14.2. The minimum Gasteiger partial charge on any atom is -0.368 e. The monoisotopic (exact) mass is 278 g/mol. The molecule has 1 aromatic heterocycles. The van der Waals surface area contributed by atoms with Crippen molar-refractivity contribution in [3.63, 3.8) is 0 Å². The molecular weight excluding hydrogens is 263 g/mol. The van der Waals surface area contributed by atoms with Crippen LogP contribution in [0.3, 0.4) is 0 Å². The third-order valence-electron chi connectivity index (χ3n) is 3.21. The van der Waals surface area contributed by atoms with Crippen molar-refractivity contribution in [2.45, 2.75) is 6.42 Å². The largest absolute Gasteiger partial charge is 0.368 e. The molecule has 2 heterocycles. The highest BCUT2D eigenvalue weighted by atomic mass is 32.2. The number of hydrogen-bond donors (Lipinski definition) is 1. The standard InChI is InChI=1S/C13H15FN4S/c14-12-8-10(7-11-9-15-17-16-11)1-2-13(12)18-3-5-19-6-4-18/h1-2,8-9H,3-7H2,(H,15,16,17). The van der Waals surface area contributed by atoms with Gasteiger partial charge in [-0.15, -0.1) is 0 Å².